The predicted molar refractivity (Wildman–Crippen MR) is 96.5 cm³/mol. The molecule has 11 heteroatoms. The fourth-order valence-electron chi connectivity index (χ4n) is 3.76. The summed E-state index contributed by atoms with van der Waals surface area (Å²) in [6.07, 6.45) is -11.3. The maximum atomic E-state index is 13.9. The van der Waals surface area contributed by atoms with Crippen LogP contribution in [0.15, 0.2) is 42.5 Å². The zero-order valence-corrected chi connectivity index (χ0v) is 16.2. The molecule has 2 aromatic rings. The smallest absolute Gasteiger partial charge is 0.349 e. The van der Waals surface area contributed by atoms with E-state index in [1.54, 1.807) is 0 Å². The van der Waals surface area contributed by atoms with Gasteiger partial charge in [0.1, 0.15) is 17.9 Å². The molecule has 0 aromatic heterocycles. The van der Waals surface area contributed by atoms with E-state index in [4.69, 9.17) is 0 Å². The Labute approximate surface area is 177 Å². The topological polar surface area (TPSA) is 38.3 Å². The number of nitrogens with one attached hydrogen (secondary N) is 1. The molecule has 3 rings (SSSR count). The second-order valence-corrected chi connectivity index (χ2v) is 7.35. The molecule has 0 amide bonds. The molecular formula is C21H17F8NO2. The van der Waals surface area contributed by atoms with Crippen LogP contribution in [0.4, 0.5) is 35.1 Å². The molecular weight excluding hydrogens is 450 g/mol. The first kappa shape index (κ1) is 24.1. The van der Waals surface area contributed by atoms with E-state index in [1.165, 1.54) is 0 Å². The van der Waals surface area contributed by atoms with Gasteiger partial charge in [-0.05, 0) is 17.7 Å². The zero-order valence-electron chi connectivity index (χ0n) is 16.2. The Bertz CT molecular complexity index is 922. The number of hydrogen-bond donors (Lipinski definition) is 1. The number of carbonyl (C=O) groups excluding carboxylic acids is 1. The molecule has 1 aliphatic rings. The highest BCUT2D eigenvalue weighted by Gasteiger charge is 2.73. The predicted octanol–water partition coefficient (Wildman–Crippen LogP) is 5.00. The molecule has 1 fully saturated rings. The van der Waals surface area contributed by atoms with Crippen molar-refractivity contribution in [2.24, 2.45) is 5.92 Å². The van der Waals surface area contributed by atoms with Gasteiger partial charge in [-0.2, -0.15) is 26.3 Å². The van der Waals surface area contributed by atoms with Gasteiger partial charge in [0.05, 0.1) is 6.61 Å². The lowest BCUT2D eigenvalue weighted by Crippen LogP contribution is -2.55. The summed E-state index contributed by atoms with van der Waals surface area (Å²) in [6, 6.07) is 5.63. The summed E-state index contributed by atoms with van der Waals surface area (Å²) >= 11 is 0. The first-order valence-electron chi connectivity index (χ1n) is 9.39. The SMILES string of the molecule is O=C[C@@H]1CNC[C@H]1c1ccc(C(OCc2c(F)cccc2F)(C(F)(F)F)C(F)(F)F)cc1. The molecule has 0 spiro atoms. The van der Waals surface area contributed by atoms with Crippen LogP contribution in [0.1, 0.15) is 22.6 Å². The maximum absolute atomic E-state index is 13.9. The molecule has 1 aliphatic heterocycles. The molecule has 0 saturated carbocycles. The van der Waals surface area contributed by atoms with Crippen LogP contribution in [0, 0.1) is 17.6 Å². The third-order valence-corrected chi connectivity index (χ3v) is 5.47. The molecule has 0 aliphatic carbocycles. The highest BCUT2D eigenvalue weighted by atomic mass is 19.4. The summed E-state index contributed by atoms with van der Waals surface area (Å²) in [5, 5.41) is 2.93. The van der Waals surface area contributed by atoms with E-state index in [9.17, 15) is 39.9 Å². The van der Waals surface area contributed by atoms with Crippen molar-refractivity contribution < 1.29 is 44.7 Å². The first-order chi connectivity index (χ1) is 14.9. The molecule has 1 N–H and O–H groups in total. The quantitative estimate of drug-likeness (QED) is 0.480. The van der Waals surface area contributed by atoms with Gasteiger partial charge in [0.2, 0.25) is 0 Å². The minimum atomic E-state index is -6.01. The van der Waals surface area contributed by atoms with E-state index in [0.29, 0.717) is 49.2 Å². The van der Waals surface area contributed by atoms with Gasteiger partial charge >= 0.3 is 12.4 Å². The molecule has 3 nitrogen and oxygen atoms in total. The van der Waals surface area contributed by atoms with E-state index >= 15 is 0 Å². The molecule has 0 unspecified atom stereocenters. The van der Waals surface area contributed by atoms with Crippen LogP contribution < -0.4 is 5.32 Å². The van der Waals surface area contributed by atoms with E-state index in [1.807, 2.05) is 0 Å². The zero-order chi connectivity index (χ0) is 23.7. The summed E-state index contributed by atoms with van der Waals surface area (Å²) in [5.74, 6) is -3.57. The van der Waals surface area contributed by atoms with Crippen molar-refractivity contribution in [2.75, 3.05) is 13.1 Å². The van der Waals surface area contributed by atoms with E-state index in [0.717, 1.165) is 18.2 Å². The molecule has 2 atom stereocenters. The Hall–Kier alpha value is -2.53. The Morgan fingerprint density at radius 3 is 1.97 bits per heavy atom. The summed E-state index contributed by atoms with van der Waals surface area (Å²) < 4.78 is 115. The van der Waals surface area contributed by atoms with Crippen molar-refractivity contribution in [3.63, 3.8) is 0 Å². The van der Waals surface area contributed by atoms with Crippen molar-refractivity contribution >= 4 is 6.29 Å². The molecule has 1 heterocycles. The Morgan fingerprint density at radius 2 is 1.47 bits per heavy atom. The summed E-state index contributed by atoms with van der Waals surface area (Å²) in [4.78, 5) is 11.1. The average Bonchev–Trinajstić information content (AvgIpc) is 3.17. The lowest BCUT2D eigenvalue weighted by Gasteiger charge is -2.37. The summed E-state index contributed by atoms with van der Waals surface area (Å²) in [5.41, 5.74) is -6.82. The minimum absolute atomic E-state index is 0.329. The summed E-state index contributed by atoms with van der Waals surface area (Å²) in [6.45, 7) is -0.948. The molecule has 1 saturated heterocycles. The maximum Gasteiger partial charge on any atom is 0.430 e. The lowest BCUT2D eigenvalue weighted by molar-refractivity contribution is -0.392. The lowest BCUT2D eigenvalue weighted by atomic mass is 9.86. The van der Waals surface area contributed by atoms with Crippen LogP contribution in [0.25, 0.3) is 0 Å². The van der Waals surface area contributed by atoms with Crippen LogP contribution in [0.3, 0.4) is 0 Å². The van der Waals surface area contributed by atoms with Gasteiger partial charge in [-0.25, -0.2) is 8.78 Å². The number of carbonyl (C=O) groups is 1. The van der Waals surface area contributed by atoms with Crippen molar-refractivity contribution in [1.82, 2.24) is 5.32 Å². The van der Waals surface area contributed by atoms with E-state index < -0.39 is 59.2 Å². The summed E-state index contributed by atoms with van der Waals surface area (Å²) in [7, 11) is 0. The molecule has 2 aromatic carbocycles. The fourth-order valence-corrected chi connectivity index (χ4v) is 3.76. The Morgan fingerprint density at radius 1 is 0.906 bits per heavy atom. The minimum Gasteiger partial charge on any atom is -0.349 e. The van der Waals surface area contributed by atoms with Crippen LogP contribution in [0.5, 0.6) is 0 Å². The number of benzene rings is 2. The first-order valence-corrected chi connectivity index (χ1v) is 9.39. The van der Waals surface area contributed by atoms with Crippen LogP contribution >= 0.6 is 0 Å². The Kier molecular flexibility index (Phi) is 6.62. The third-order valence-electron chi connectivity index (χ3n) is 5.47. The second kappa shape index (κ2) is 8.78. The highest BCUT2D eigenvalue weighted by Crippen LogP contribution is 2.53. The molecule has 0 bridgehead atoms. The van der Waals surface area contributed by atoms with Gasteiger partial charge in [-0.15, -0.1) is 0 Å². The van der Waals surface area contributed by atoms with Gasteiger partial charge in [0.15, 0.2) is 0 Å². The molecule has 0 radical (unpaired) electrons. The largest absolute Gasteiger partial charge is 0.430 e. The third kappa shape index (κ3) is 4.23. The normalized spacial score (nSPS) is 19.9. The van der Waals surface area contributed by atoms with Gasteiger partial charge < -0.3 is 14.8 Å². The van der Waals surface area contributed by atoms with Crippen LogP contribution in [-0.4, -0.2) is 31.7 Å². The fraction of sp³-hybridized carbons (Fsp3) is 0.381. The second-order valence-electron chi connectivity index (χ2n) is 7.35. The van der Waals surface area contributed by atoms with Crippen molar-refractivity contribution in [2.45, 2.75) is 30.5 Å². The van der Waals surface area contributed by atoms with Crippen LogP contribution in [-0.2, 0) is 21.7 Å². The average molecular weight is 467 g/mol. The molecule has 32 heavy (non-hydrogen) atoms. The number of alkyl halides is 6. The van der Waals surface area contributed by atoms with Gasteiger partial charge in [-0.3, -0.25) is 0 Å². The number of halogens is 8. The molecule has 174 valence electrons. The van der Waals surface area contributed by atoms with Gasteiger partial charge in [-0.1, -0.05) is 30.3 Å². The number of ether oxygens (including phenoxy) is 1. The monoisotopic (exact) mass is 467 g/mol. The standard InChI is InChI=1S/C21H17F8NO2/c22-17-2-1-3-18(23)16(17)11-32-19(20(24,25)26,21(27,28)29)14-6-4-12(5-7-14)15-9-30-8-13(15)10-31/h1-7,10,13,15,30H,8-9,11H2/t13-,15-/m0/s1. The number of aldehydes is 1. The van der Waals surface area contributed by atoms with Crippen molar-refractivity contribution in [3.05, 3.63) is 70.8 Å². The van der Waals surface area contributed by atoms with E-state index in [2.05, 4.69) is 10.1 Å². The van der Waals surface area contributed by atoms with Crippen molar-refractivity contribution in [1.29, 1.82) is 0 Å². The number of hydrogen-bond acceptors (Lipinski definition) is 3. The van der Waals surface area contributed by atoms with Gasteiger partial charge in [0.25, 0.3) is 5.60 Å². The van der Waals surface area contributed by atoms with Crippen LogP contribution in [0.2, 0.25) is 0 Å². The van der Waals surface area contributed by atoms with Gasteiger partial charge in [0, 0.05) is 36.1 Å². The Balaban J connectivity index is 2.04. The highest BCUT2D eigenvalue weighted by molar-refractivity contribution is 5.57. The number of rotatable bonds is 6. The van der Waals surface area contributed by atoms with Crippen molar-refractivity contribution in [3.8, 4) is 0 Å². The van der Waals surface area contributed by atoms with E-state index in [-0.39, 0.29) is 0 Å².